The van der Waals surface area contributed by atoms with E-state index >= 15 is 0 Å². The zero-order chi connectivity index (χ0) is 19.9. The molecule has 0 spiro atoms. The number of carbonyl (C=O) groups is 2. The van der Waals surface area contributed by atoms with Crippen LogP contribution in [0.5, 0.6) is 0 Å². The van der Waals surface area contributed by atoms with Crippen LogP contribution in [0.25, 0.3) is 0 Å². The Kier molecular flexibility index (Phi) is 5.58. The fraction of sp³-hybridized carbons (Fsp3) is 0.0500. The molecule has 138 valence electrons. The van der Waals surface area contributed by atoms with Crippen LogP contribution in [-0.4, -0.2) is 29.0 Å². The topological polar surface area (TPSA) is 117 Å². The smallest absolute Gasteiger partial charge is 0.337 e. The summed E-state index contributed by atoms with van der Waals surface area (Å²) in [6.45, 7) is 0. The van der Waals surface area contributed by atoms with Gasteiger partial charge in [0.25, 0.3) is 5.91 Å². The second-order valence-electron chi connectivity index (χ2n) is 5.60. The van der Waals surface area contributed by atoms with Crippen molar-refractivity contribution >= 4 is 29.2 Å². The quantitative estimate of drug-likeness (QED) is 0.660. The summed E-state index contributed by atoms with van der Waals surface area (Å²) in [4.78, 5) is 32.1. The Labute approximate surface area is 160 Å². The van der Waals surface area contributed by atoms with Crippen LogP contribution in [0.2, 0.25) is 0 Å². The van der Waals surface area contributed by atoms with Crippen molar-refractivity contribution in [3.63, 3.8) is 0 Å². The highest BCUT2D eigenvalue weighted by atomic mass is 16.5. The summed E-state index contributed by atoms with van der Waals surface area (Å²) < 4.78 is 4.65. The van der Waals surface area contributed by atoms with Crippen LogP contribution in [0.1, 0.15) is 26.4 Å². The molecule has 2 N–H and O–H groups in total. The summed E-state index contributed by atoms with van der Waals surface area (Å²) >= 11 is 0. The maximum absolute atomic E-state index is 12.4. The first kappa shape index (κ1) is 18.5. The summed E-state index contributed by atoms with van der Waals surface area (Å²) in [5.74, 6) is -0.598. The molecule has 0 fully saturated rings. The lowest BCUT2D eigenvalue weighted by atomic mass is 10.2. The van der Waals surface area contributed by atoms with Crippen molar-refractivity contribution in [1.29, 1.82) is 5.26 Å². The van der Waals surface area contributed by atoms with Gasteiger partial charge in [0, 0.05) is 17.6 Å². The van der Waals surface area contributed by atoms with Crippen molar-refractivity contribution in [3.8, 4) is 6.07 Å². The van der Waals surface area contributed by atoms with Crippen LogP contribution in [-0.2, 0) is 4.74 Å². The highest BCUT2D eigenvalue weighted by Crippen LogP contribution is 2.15. The Hall–Kier alpha value is -4.25. The van der Waals surface area contributed by atoms with Crippen LogP contribution in [0.15, 0.2) is 60.8 Å². The van der Waals surface area contributed by atoms with E-state index in [9.17, 15) is 9.59 Å². The van der Waals surface area contributed by atoms with E-state index in [1.165, 1.54) is 19.4 Å². The number of esters is 1. The summed E-state index contributed by atoms with van der Waals surface area (Å²) in [5.41, 5.74) is 2.30. The number of amides is 1. The number of nitriles is 1. The van der Waals surface area contributed by atoms with Crippen molar-refractivity contribution in [2.45, 2.75) is 0 Å². The molecule has 28 heavy (non-hydrogen) atoms. The normalized spacial score (nSPS) is 9.86. The van der Waals surface area contributed by atoms with Gasteiger partial charge in [0.2, 0.25) is 5.95 Å². The average molecular weight is 373 g/mol. The number of anilines is 3. The van der Waals surface area contributed by atoms with E-state index in [1.54, 1.807) is 48.5 Å². The predicted molar refractivity (Wildman–Crippen MR) is 102 cm³/mol. The Morgan fingerprint density at radius 2 is 1.68 bits per heavy atom. The first-order valence-corrected chi connectivity index (χ1v) is 8.19. The highest BCUT2D eigenvalue weighted by molar-refractivity contribution is 6.03. The maximum atomic E-state index is 12.4. The minimum atomic E-state index is -0.427. The van der Waals surface area contributed by atoms with Gasteiger partial charge in [-0.05, 0) is 54.6 Å². The number of methoxy groups -OCH3 is 1. The number of ether oxygens (including phenoxy) is 1. The van der Waals surface area contributed by atoms with Crippen LogP contribution >= 0.6 is 0 Å². The van der Waals surface area contributed by atoms with Crippen LogP contribution < -0.4 is 10.6 Å². The van der Waals surface area contributed by atoms with E-state index < -0.39 is 11.9 Å². The van der Waals surface area contributed by atoms with Crippen molar-refractivity contribution in [2.24, 2.45) is 0 Å². The molecule has 1 heterocycles. The molecule has 0 saturated carbocycles. The Balaban J connectivity index is 1.70. The molecule has 8 nitrogen and oxygen atoms in total. The molecule has 2 aromatic carbocycles. The minimum Gasteiger partial charge on any atom is -0.465 e. The highest BCUT2D eigenvalue weighted by Gasteiger charge is 2.10. The zero-order valence-corrected chi connectivity index (χ0v) is 14.8. The Morgan fingerprint density at radius 3 is 2.32 bits per heavy atom. The summed E-state index contributed by atoms with van der Waals surface area (Å²) in [6, 6.07) is 16.6. The first-order valence-electron chi connectivity index (χ1n) is 8.19. The van der Waals surface area contributed by atoms with Gasteiger partial charge < -0.3 is 15.4 Å². The Bertz CT molecular complexity index is 1040. The number of nitrogens with zero attached hydrogens (tertiary/aromatic N) is 3. The third-order valence-corrected chi connectivity index (χ3v) is 3.72. The van der Waals surface area contributed by atoms with Crippen LogP contribution in [0.3, 0.4) is 0 Å². The molecule has 3 aromatic rings. The molecule has 0 unspecified atom stereocenters. The first-order chi connectivity index (χ1) is 13.6. The van der Waals surface area contributed by atoms with Crippen molar-refractivity contribution in [3.05, 3.63) is 77.6 Å². The lowest BCUT2D eigenvalue weighted by molar-refractivity contribution is 0.0600. The largest absolute Gasteiger partial charge is 0.465 e. The molecule has 3 rings (SSSR count). The number of hydrogen-bond acceptors (Lipinski definition) is 7. The van der Waals surface area contributed by atoms with Gasteiger partial charge in [-0.2, -0.15) is 5.26 Å². The monoisotopic (exact) mass is 373 g/mol. The number of aromatic nitrogens is 2. The summed E-state index contributed by atoms with van der Waals surface area (Å²) in [7, 11) is 1.32. The van der Waals surface area contributed by atoms with E-state index in [-0.39, 0.29) is 11.6 Å². The van der Waals surface area contributed by atoms with Crippen molar-refractivity contribution in [2.75, 3.05) is 17.7 Å². The van der Waals surface area contributed by atoms with Crippen LogP contribution in [0, 0.1) is 11.3 Å². The molecular weight excluding hydrogens is 358 g/mol. The fourth-order valence-corrected chi connectivity index (χ4v) is 2.31. The third-order valence-electron chi connectivity index (χ3n) is 3.72. The molecular formula is C20H15N5O3. The van der Waals surface area contributed by atoms with Gasteiger partial charge in [-0.3, -0.25) is 4.79 Å². The number of rotatable bonds is 5. The van der Waals surface area contributed by atoms with Gasteiger partial charge in [-0.1, -0.05) is 0 Å². The lowest BCUT2D eigenvalue weighted by Gasteiger charge is -2.08. The number of hydrogen-bond donors (Lipinski definition) is 2. The average Bonchev–Trinajstić information content (AvgIpc) is 2.74. The van der Waals surface area contributed by atoms with Crippen LogP contribution in [0.4, 0.5) is 17.3 Å². The molecule has 0 aliphatic carbocycles. The maximum Gasteiger partial charge on any atom is 0.337 e. The summed E-state index contributed by atoms with van der Waals surface area (Å²) in [5, 5.41) is 14.5. The van der Waals surface area contributed by atoms with Gasteiger partial charge in [0.15, 0.2) is 0 Å². The van der Waals surface area contributed by atoms with Gasteiger partial charge >= 0.3 is 5.97 Å². The van der Waals surface area contributed by atoms with Gasteiger partial charge in [-0.25, -0.2) is 14.8 Å². The number of benzene rings is 2. The minimum absolute atomic E-state index is 0.174. The second-order valence-corrected chi connectivity index (χ2v) is 5.60. The van der Waals surface area contributed by atoms with E-state index in [1.807, 2.05) is 6.07 Å². The molecule has 8 heteroatoms. The second kappa shape index (κ2) is 8.42. The SMILES string of the molecule is COC(=O)c1ccc(Nc2nccc(C(=O)Nc3ccc(C#N)cc3)n2)cc1. The standard InChI is InChI=1S/C20H15N5O3/c1-28-19(27)14-4-8-16(9-5-14)24-20-22-11-10-17(25-20)18(26)23-15-6-2-13(12-21)3-7-15/h2-11H,1H3,(H,23,26)(H,22,24,25). The Morgan fingerprint density at radius 1 is 1.00 bits per heavy atom. The van der Waals surface area contributed by atoms with Gasteiger partial charge in [-0.15, -0.1) is 0 Å². The van der Waals surface area contributed by atoms with Crippen molar-refractivity contribution < 1.29 is 14.3 Å². The molecule has 0 aliphatic heterocycles. The van der Waals surface area contributed by atoms with Gasteiger partial charge in [0.1, 0.15) is 5.69 Å². The molecule has 0 saturated heterocycles. The molecule has 1 amide bonds. The zero-order valence-electron chi connectivity index (χ0n) is 14.8. The van der Waals surface area contributed by atoms with Crippen molar-refractivity contribution in [1.82, 2.24) is 9.97 Å². The molecule has 1 aromatic heterocycles. The third kappa shape index (κ3) is 4.47. The van der Waals surface area contributed by atoms with E-state index in [0.29, 0.717) is 22.5 Å². The summed E-state index contributed by atoms with van der Waals surface area (Å²) in [6.07, 6.45) is 1.46. The van der Waals surface area contributed by atoms with E-state index in [0.717, 1.165) is 0 Å². The predicted octanol–water partition coefficient (Wildman–Crippen LogP) is 3.13. The lowest BCUT2D eigenvalue weighted by Crippen LogP contribution is -2.14. The van der Waals surface area contributed by atoms with E-state index in [2.05, 4.69) is 25.3 Å². The molecule has 0 bridgehead atoms. The van der Waals surface area contributed by atoms with E-state index in [4.69, 9.17) is 5.26 Å². The van der Waals surface area contributed by atoms with Gasteiger partial charge in [0.05, 0.1) is 24.3 Å². The molecule has 0 radical (unpaired) electrons. The molecule has 0 atom stereocenters. The number of carbonyl (C=O) groups excluding carboxylic acids is 2. The fourth-order valence-electron chi connectivity index (χ4n) is 2.31. The molecule has 0 aliphatic rings. The number of nitrogens with one attached hydrogen (secondary N) is 2.